The summed E-state index contributed by atoms with van der Waals surface area (Å²) in [6.45, 7) is 2.06. The van der Waals surface area contributed by atoms with Gasteiger partial charge in [-0.2, -0.15) is 0 Å². The Balaban J connectivity index is 1.53. The lowest BCUT2D eigenvalue weighted by Gasteiger charge is -2.29. The number of hydrogen-bond acceptors (Lipinski definition) is 5. The minimum Gasteiger partial charge on any atom is -0.335 e. The first kappa shape index (κ1) is 14.9. The van der Waals surface area contributed by atoms with Crippen molar-refractivity contribution in [3.05, 3.63) is 29.6 Å². The molecule has 22 heavy (non-hydrogen) atoms. The van der Waals surface area contributed by atoms with Crippen molar-refractivity contribution in [1.29, 1.82) is 0 Å². The molecule has 1 aliphatic rings. The Kier molecular flexibility index (Phi) is 4.65. The number of aromatic nitrogens is 2. The van der Waals surface area contributed by atoms with Crippen LogP contribution in [-0.4, -0.2) is 46.7 Å². The highest BCUT2D eigenvalue weighted by atomic mass is 32.1. The monoisotopic (exact) mass is 317 g/mol. The van der Waals surface area contributed by atoms with Crippen LogP contribution in [0.1, 0.15) is 12.8 Å². The maximum atomic E-state index is 12.0. The van der Waals surface area contributed by atoms with Gasteiger partial charge >= 0.3 is 6.03 Å². The molecule has 0 aliphatic carbocycles. The Bertz CT molecular complexity index is 605. The van der Waals surface area contributed by atoms with Gasteiger partial charge in [-0.15, -0.1) is 5.10 Å². The summed E-state index contributed by atoms with van der Waals surface area (Å²) in [5.74, 6) is 0. The normalized spacial score (nSPS) is 16.4. The molecule has 2 heterocycles. The third-order valence-electron chi connectivity index (χ3n) is 3.85. The fraction of sp³-hybridized carbons (Fsp3) is 0.400. The quantitative estimate of drug-likeness (QED) is 0.912. The van der Waals surface area contributed by atoms with E-state index >= 15 is 0 Å². The molecular formula is C15H19N5OS. The van der Waals surface area contributed by atoms with Crippen LogP contribution in [0.25, 0.3) is 11.3 Å². The van der Waals surface area contributed by atoms with Gasteiger partial charge in [0.25, 0.3) is 0 Å². The molecule has 3 rings (SSSR count). The second-order valence-corrected chi connectivity index (χ2v) is 6.15. The molecule has 0 spiro atoms. The van der Waals surface area contributed by atoms with Gasteiger partial charge in [-0.1, -0.05) is 16.6 Å². The molecule has 0 atom stereocenters. The highest BCUT2D eigenvalue weighted by Gasteiger charge is 2.18. The van der Waals surface area contributed by atoms with E-state index in [-0.39, 0.29) is 12.1 Å². The van der Waals surface area contributed by atoms with Crippen LogP contribution in [-0.2, 0) is 0 Å². The second-order valence-electron chi connectivity index (χ2n) is 5.54. The average molecular weight is 317 g/mol. The summed E-state index contributed by atoms with van der Waals surface area (Å²) in [5.41, 5.74) is 2.62. The number of carbonyl (C=O) groups is 1. The van der Waals surface area contributed by atoms with Crippen LogP contribution >= 0.6 is 11.5 Å². The molecular weight excluding hydrogens is 298 g/mol. The van der Waals surface area contributed by atoms with E-state index in [9.17, 15) is 4.79 Å². The Morgan fingerprint density at radius 2 is 2.00 bits per heavy atom. The second kappa shape index (κ2) is 6.85. The Labute approximate surface area is 133 Å². The summed E-state index contributed by atoms with van der Waals surface area (Å²) in [6.07, 6.45) is 2.00. The smallest absolute Gasteiger partial charge is 0.319 e. The van der Waals surface area contributed by atoms with E-state index in [1.807, 2.05) is 29.6 Å². The highest BCUT2D eigenvalue weighted by molar-refractivity contribution is 7.03. The number of carbonyl (C=O) groups excluding carboxylic acids is 1. The summed E-state index contributed by atoms with van der Waals surface area (Å²) in [4.78, 5) is 14.3. The molecule has 0 radical (unpaired) electrons. The number of benzene rings is 1. The van der Waals surface area contributed by atoms with Crippen LogP contribution in [0.3, 0.4) is 0 Å². The largest absolute Gasteiger partial charge is 0.335 e. The molecule has 1 aliphatic heterocycles. The zero-order valence-electron chi connectivity index (χ0n) is 12.5. The van der Waals surface area contributed by atoms with E-state index in [1.165, 1.54) is 11.5 Å². The van der Waals surface area contributed by atoms with E-state index in [2.05, 4.69) is 32.2 Å². The van der Waals surface area contributed by atoms with Gasteiger partial charge in [0.15, 0.2) is 0 Å². The van der Waals surface area contributed by atoms with Gasteiger partial charge in [-0.3, -0.25) is 0 Å². The molecule has 6 nitrogen and oxygen atoms in total. The zero-order chi connectivity index (χ0) is 15.4. The van der Waals surface area contributed by atoms with E-state index in [0.717, 1.165) is 42.9 Å². The Morgan fingerprint density at radius 1 is 1.27 bits per heavy atom. The highest BCUT2D eigenvalue weighted by Crippen LogP contribution is 2.20. The molecule has 1 aromatic heterocycles. The molecule has 2 N–H and O–H groups in total. The van der Waals surface area contributed by atoms with Crippen LogP contribution < -0.4 is 10.6 Å². The van der Waals surface area contributed by atoms with E-state index in [1.54, 1.807) is 0 Å². The molecule has 0 bridgehead atoms. The maximum absolute atomic E-state index is 12.0. The number of anilines is 1. The maximum Gasteiger partial charge on any atom is 0.319 e. The summed E-state index contributed by atoms with van der Waals surface area (Å²) < 4.78 is 3.85. The predicted octanol–water partition coefficient (Wildman–Crippen LogP) is 2.42. The standard InChI is InChI=1S/C15H19N5OS/c1-20-8-6-13(7-9-20)17-15(21)16-12-4-2-11(3-5-12)14-10-22-19-18-14/h2-5,10,13H,6-9H2,1H3,(H2,16,17,21). The molecule has 2 amide bonds. The topological polar surface area (TPSA) is 70.2 Å². The zero-order valence-corrected chi connectivity index (χ0v) is 13.3. The first-order valence-corrected chi connectivity index (χ1v) is 8.18. The molecule has 0 unspecified atom stereocenters. The summed E-state index contributed by atoms with van der Waals surface area (Å²) >= 11 is 1.32. The van der Waals surface area contributed by atoms with Crippen molar-refractivity contribution in [3.8, 4) is 11.3 Å². The molecule has 1 saturated heterocycles. The summed E-state index contributed by atoms with van der Waals surface area (Å²) in [5, 5.41) is 11.8. The number of amides is 2. The lowest BCUT2D eigenvalue weighted by atomic mass is 10.1. The Morgan fingerprint density at radius 3 is 2.64 bits per heavy atom. The fourth-order valence-corrected chi connectivity index (χ4v) is 2.99. The van der Waals surface area contributed by atoms with Crippen molar-refractivity contribution in [2.45, 2.75) is 18.9 Å². The fourth-order valence-electron chi connectivity index (χ4n) is 2.52. The van der Waals surface area contributed by atoms with E-state index in [0.29, 0.717) is 0 Å². The number of piperidine rings is 1. The van der Waals surface area contributed by atoms with Gasteiger partial charge < -0.3 is 15.5 Å². The molecule has 1 aromatic carbocycles. The third kappa shape index (κ3) is 3.80. The SMILES string of the molecule is CN1CCC(NC(=O)Nc2ccc(-c3csnn3)cc2)CC1. The summed E-state index contributed by atoms with van der Waals surface area (Å²) in [6, 6.07) is 7.74. The number of nitrogens with one attached hydrogen (secondary N) is 2. The van der Waals surface area contributed by atoms with Crippen LogP contribution in [0, 0.1) is 0 Å². The van der Waals surface area contributed by atoms with E-state index < -0.39 is 0 Å². The van der Waals surface area contributed by atoms with Crippen molar-refractivity contribution < 1.29 is 4.79 Å². The predicted molar refractivity (Wildman–Crippen MR) is 88.0 cm³/mol. The van der Waals surface area contributed by atoms with Crippen molar-refractivity contribution >= 4 is 23.3 Å². The number of hydrogen-bond donors (Lipinski definition) is 2. The van der Waals surface area contributed by atoms with Gasteiger partial charge in [0, 0.05) is 22.7 Å². The number of nitrogens with zero attached hydrogens (tertiary/aromatic N) is 3. The number of urea groups is 1. The van der Waals surface area contributed by atoms with Gasteiger partial charge in [0.1, 0.15) is 5.69 Å². The van der Waals surface area contributed by atoms with Gasteiger partial charge in [-0.05, 0) is 56.6 Å². The first-order valence-electron chi connectivity index (χ1n) is 7.34. The molecule has 1 fully saturated rings. The first-order chi connectivity index (χ1) is 10.7. The van der Waals surface area contributed by atoms with Crippen molar-refractivity contribution in [1.82, 2.24) is 19.8 Å². The summed E-state index contributed by atoms with van der Waals surface area (Å²) in [7, 11) is 2.11. The van der Waals surface area contributed by atoms with Crippen LogP contribution in [0.2, 0.25) is 0 Å². The van der Waals surface area contributed by atoms with E-state index in [4.69, 9.17) is 0 Å². The third-order valence-corrected chi connectivity index (χ3v) is 4.36. The average Bonchev–Trinajstić information content (AvgIpc) is 3.05. The lowest BCUT2D eigenvalue weighted by molar-refractivity contribution is 0.221. The Hall–Kier alpha value is -1.99. The van der Waals surface area contributed by atoms with Crippen molar-refractivity contribution in [3.63, 3.8) is 0 Å². The van der Waals surface area contributed by atoms with Crippen molar-refractivity contribution in [2.24, 2.45) is 0 Å². The molecule has 116 valence electrons. The number of rotatable bonds is 3. The number of likely N-dealkylation sites (tertiary alicyclic amines) is 1. The molecule has 0 saturated carbocycles. The van der Waals surface area contributed by atoms with Gasteiger partial charge in [-0.25, -0.2) is 4.79 Å². The molecule has 7 heteroatoms. The minimum absolute atomic E-state index is 0.141. The minimum atomic E-state index is -0.141. The van der Waals surface area contributed by atoms with Crippen LogP contribution in [0.5, 0.6) is 0 Å². The van der Waals surface area contributed by atoms with Crippen LogP contribution in [0.4, 0.5) is 10.5 Å². The van der Waals surface area contributed by atoms with Gasteiger partial charge in [0.05, 0.1) is 0 Å². The van der Waals surface area contributed by atoms with Gasteiger partial charge in [0.2, 0.25) is 0 Å². The molecule has 2 aromatic rings. The lowest BCUT2D eigenvalue weighted by Crippen LogP contribution is -2.44. The van der Waals surface area contributed by atoms with Crippen LogP contribution in [0.15, 0.2) is 29.6 Å². The van der Waals surface area contributed by atoms with Crippen molar-refractivity contribution in [2.75, 3.05) is 25.5 Å².